The van der Waals surface area contributed by atoms with Gasteiger partial charge in [0.2, 0.25) is 11.7 Å². The zero-order chi connectivity index (χ0) is 23.0. The second-order valence-electron chi connectivity index (χ2n) is 7.51. The van der Waals surface area contributed by atoms with Gasteiger partial charge in [-0.25, -0.2) is 0 Å². The van der Waals surface area contributed by atoms with Gasteiger partial charge in [0.1, 0.15) is 5.92 Å². The molecule has 0 bridgehead atoms. The number of carbonyl (C=O) groups is 4. The molecule has 1 aromatic carbocycles. The first-order valence-electron chi connectivity index (χ1n) is 9.99. The molecule has 2 N–H and O–H groups in total. The molecule has 0 aliphatic rings. The highest BCUT2D eigenvalue weighted by Crippen LogP contribution is 2.22. The van der Waals surface area contributed by atoms with Gasteiger partial charge in [-0.1, -0.05) is 18.2 Å². The maximum atomic E-state index is 13.3. The molecule has 31 heavy (non-hydrogen) atoms. The zero-order valence-electron chi connectivity index (χ0n) is 17.8. The third-order valence-corrected chi connectivity index (χ3v) is 4.68. The first-order chi connectivity index (χ1) is 14.7. The van der Waals surface area contributed by atoms with E-state index in [1.54, 1.807) is 20.0 Å². The molecule has 1 heterocycles. The number of ketones is 2. The van der Waals surface area contributed by atoms with Gasteiger partial charge in [0.15, 0.2) is 5.78 Å². The van der Waals surface area contributed by atoms with E-state index < -0.39 is 41.5 Å². The molecule has 0 aliphatic heterocycles. The van der Waals surface area contributed by atoms with Gasteiger partial charge in [0.25, 0.3) is 0 Å². The summed E-state index contributed by atoms with van der Waals surface area (Å²) in [6.45, 7) is 4.60. The third-order valence-electron chi connectivity index (χ3n) is 4.68. The summed E-state index contributed by atoms with van der Waals surface area (Å²) in [6, 6.07) is 6.55. The van der Waals surface area contributed by atoms with Gasteiger partial charge in [0, 0.05) is 36.9 Å². The molecule has 2 rings (SSSR count). The van der Waals surface area contributed by atoms with Crippen LogP contribution in [0, 0.1) is 5.92 Å². The highest BCUT2D eigenvalue weighted by molar-refractivity contribution is 6.25. The number of hydrogen-bond acceptors (Lipinski definition) is 5. The maximum Gasteiger partial charge on any atom is 0.323 e. The predicted octanol–water partition coefficient (Wildman–Crippen LogP) is 2.00. The quantitative estimate of drug-likeness (QED) is 0.186. The van der Waals surface area contributed by atoms with E-state index in [1.807, 2.05) is 24.3 Å². The van der Waals surface area contributed by atoms with Crippen LogP contribution in [0.2, 0.25) is 0 Å². The topological polar surface area (TPSA) is 142 Å². The van der Waals surface area contributed by atoms with Crippen LogP contribution in [0.1, 0.15) is 39.2 Å². The highest BCUT2D eigenvalue weighted by Gasteiger charge is 2.35. The van der Waals surface area contributed by atoms with Crippen LogP contribution >= 0.6 is 0 Å². The standard InChI is InChI=1S/C22H26N4O5/c1-13(2)31-22(30)18(9-8-16(28)12-25-23)21(29)20(26-14(3)27)10-15-11-24-19-7-5-4-6-17(15)19/h4-7,11-13,18,20,24H,8-10H2,1-3H3,(H,26,27)/t18-,20-/m0/s1. The number of Topliss-reactive ketones (excluding diaryl/α,β-unsaturated/α-hetero) is 2. The van der Waals surface area contributed by atoms with Crippen molar-refractivity contribution in [3.8, 4) is 0 Å². The molecule has 0 saturated heterocycles. The van der Waals surface area contributed by atoms with Crippen LogP contribution in [-0.4, -0.2) is 51.6 Å². The monoisotopic (exact) mass is 426 g/mol. The number of para-hydroxylation sites is 1. The number of esters is 1. The summed E-state index contributed by atoms with van der Waals surface area (Å²) in [5.41, 5.74) is 10.2. The number of ether oxygens (including phenoxy) is 1. The van der Waals surface area contributed by atoms with Gasteiger partial charge in [-0.15, -0.1) is 0 Å². The Labute approximate surface area is 179 Å². The minimum Gasteiger partial charge on any atom is -0.462 e. The van der Waals surface area contributed by atoms with Crippen LogP contribution < -0.4 is 5.32 Å². The number of rotatable bonds is 11. The molecule has 9 nitrogen and oxygen atoms in total. The van der Waals surface area contributed by atoms with Crippen LogP contribution in [0.4, 0.5) is 0 Å². The third kappa shape index (κ3) is 6.72. The molecule has 0 unspecified atom stereocenters. The lowest BCUT2D eigenvalue weighted by molar-refractivity contribution is -0.156. The van der Waals surface area contributed by atoms with Gasteiger partial charge in [-0.2, -0.15) is 4.79 Å². The number of nitrogens with zero attached hydrogens (tertiary/aromatic N) is 2. The van der Waals surface area contributed by atoms with Crippen molar-refractivity contribution in [2.45, 2.75) is 52.2 Å². The second-order valence-corrected chi connectivity index (χ2v) is 7.51. The van der Waals surface area contributed by atoms with Crippen molar-refractivity contribution in [1.82, 2.24) is 10.3 Å². The molecule has 0 aliphatic carbocycles. The van der Waals surface area contributed by atoms with E-state index in [4.69, 9.17) is 10.3 Å². The van der Waals surface area contributed by atoms with E-state index in [-0.39, 0.29) is 19.3 Å². The minimum atomic E-state index is -1.25. The molecule has 0 fully saturated rings. The van der Waals surface area contributed by atoms with Crippen molar-refractivity contribution < 1.29 is 28.7 Å². The molecule has 164 valence electrons. The van der Waals surface area contributed by atoms with Crippen molar-refractivity contribution >= 4 is 40.6 Å². The Morgan fingerprint density at radius 2 is 1.94 bits per heavy atom. The number of hydrogen-bond donors (Lipinski definition) is 2. The maximum absolute atomic E-state index is 13.3. The summed E-state index contributed by atoms with van der Waals surface area (Å²) in [5.74, 6) is -3.51. The fourth-order valence-electron chi connectivity index (χ4n) is 3.34. The lowest BCUT2D eigenvalue weighted by Gasteiger charge is -2.22. The first-order valence-corrected chi connectivity index (χ1v) is 9.99. The molecular formula is C22H26N4O5. The summed E-state index contributed by atoms with van der Waals surface area (Å²) in [5, 5.41) is 3.53. The molecule has 2 atom stereocenters. The molecule has 0 saturated carbocycles. The van der Waals surface area contributed by atoms with Crippen LogP contribution in [0.25, 0.3) is 16.4 Å². The largest absolute Gasteiger partial charge is 0.462 e. The van der Waals surface area contributed by atoms with E-state index >= 15 is 0 Å². The molecule has 2 aromatic rings. The van der Waals surface area contributed by atoms with Gasteiger partial charge in [0.05, 0.1) is 12.1 Å². The fraction of sp³-hybridized carbons (Fsp3) is 0.409. The normalized spacial score (nSPS) is 12.6. The number of aromatic nitrogens is 1. The van der Waals surface area contributed by atoms with Crippen LogP contribution in [0.3, 0.4) is 0 Å². The number of fused-ring (bicyclic) bond motifs is 1. The van der Waals surface area contributed by atoms with Crippen molar-refractivity contribution in [2.75, 3.05) is 0 Å². The van der Waals surface area contributed by atoms with Gasteiger partial charge in [-0.3, -0.25) is 19.2 Å². The lowest BCUT2D eigenvalue weighted by atomic mass is 9.89. The van der Waals surface area contributed by atoms with Gasteiger partial charge < -0.3 is 20.6 Å². The fourth-order valence-corrected chi connectivity index (χ4v) is 3.34. The smallest absolute Gasteiger partial charge is 0.323 e. The number of amides is 1. The SMILES string of the molecule is CC(=O)N[C@@H](Cc1c[nH]c2ccccc12)C(=O)[C@H](CCC(=O)C=[N+]=[N-])C(=O)OC(C)C. The summed E-state index contributed by atoms with van der Waals surface area (Å²) < 4.78 is 5.21. The molecule has 1 aromatic heterocycles. The summed E-state index contributed by atoms with van der Waals surface area (Å²) in [7, 11) is 0. The zero-order valence-corrected chi connectivity index (χ0v) is 17.8. The van der Waals surface area contributed by atoms with Gasteiger partial charge in [-0.05, 0) is 31.9 Å². The lowest BCUT2D eigenvalue weighted by Crippen LogP contribution is -2.46. The average molecular weight is 426 g/mol. The van der Waals surface area contributed by atoms with E-state index in [1.165, 1.54) is 6.92 Å². The number of aromatic amines is 1. The first kappa shape index (κ1) is 23.7. The van der Waals surface area contributed by atoms with E-state index in [0.717, 1.165) is 16.5 Å². The Hall–Kier alpha value is -3.58. The number of nitrogens with one attached hydrogen (secondary N) is 2. The molecule has 0 spiro atoms. The highest BCUT2D eigenvalue weighted by atomic mass is 16.5. The molecular weight excluding hydrogens is 400 g/mol. The van der Waals surface area contributed by atoms with Gasteiger partial charge >= 0.3 is 12.2 Å². The minimum absolute atomic E-state index is 0.126. The van der Waals surface area contributed by atoms with Crippen LogP contribution in [0.5, 0.6) is 0 Å². The van der Waals surface area contributed by atoms with Crippen molar-refractivity contribution in [3.63, 3.8) is 0 Å². The average Bonchev–Trinajstić information content (AvgIpc) is 3.10. The summed E-state index contributed by atoms with van der Waals surface area (Å²) >= 11 is 0. The van der Waals surface area contributed by atoms with E-state index in [2.05, 4.69) is 15.1 Å². The van der Waals surface area contributed by atoms with E-state index in [0.29, 0.717) is 6.21 Å². The summed E-state index contributed by atoms with van der Waals surface area (Å²) in [4.78, 5) is 55.2. The summed E-state index contributed by atoms with van der Waals surface area (Å²) in [6.07, 6.45) is 1.87. The predicted molar refractivity (Wildman–Crippen MR) is 113 cm³/mol. The Kier molecular flexibility index (Phi) is 8.40. The van der Waals surface area contributed by atoms with E-state index in [9.17, 15) is 19.2 Å². The number of H-pyrrole nitrogens is 1. The molecule has 0 radical (unpaired) electrons. The van der Waals surface area contributed by atoms with Crippen molar-refractivity contribution in [2.24, 2.45) is 5.92 Å². The Bertz CT molecular complexity index is 1020. The van der Waals surface area contributed by atoms with Crippen molar-refractivity contribution in [1.29, 1.82) is 0 Å². The van der Waals surface area contributed by atoms with Crippen LogP contribution in [0.15, 0.2) is 30.5 Å². The number of benzene rings is 1. The Balaban J connectivity index is 2.31. The molecule has 1 amide bonds. The van der Waals surface area contributed by atoms with Crippen molar-refractivity contribution in [3.05, 3.63) is 41.6 Å². The Morgan fingerprint density at radius 1 is 1.23 bits per heavy atom. The number of carbonyl (C=O) groups excluding carboxylic acids is 4. The Morgan fingerprint density at radius 3 is 2.58 bits per heavy atom. The van der Waals surface area contributed by atoms with Crippen LogP contribution in [-0.2, 0) is 30.3 Å². The second kappa shape index (κ2) is 11.0. The molecule has 9 heteroatoms.